The van der Waals surface area contributed by atoms with Gasteiger partial charge in [0.1, 0.15) is 11.6 Å². The summed E-state index contributed by atoms with van der Waals surface area (Å²) >= 11 is 0. The van der Waals surface area contributed by atoms with Gasteiger partial charge in [-0.1, -0.05) is 0 Å². The fourth-order valence-electron chi connectivity index (χ4n) is 1.75. The van der Waals surface area contributed by atoms with Gasteiger partial charge in [0.25, 0.3) is 0 Å². The number of carbonyl (C=O) groups excluding carboxylic acids is 1. The molecule has 2 rings (SSSR count). The maximum atomic E-state index is 13.4. The Morgan fingerprint density at radius 3 is 2.75 bits per heavy atom. The second kappa shape index (κ2) is 3.93. The maximum absolute atomic E-state index is 13.4. The van der Waals surface area contributed by atoms with Crippen LogP contribution in [-0.2, 0) is 4.79 Å². The molecule has 0 spiro atoms. The molecular formula is C12H9F2NO. The van der Waals surface area contributed by atoms with Gasteiger partial charge in [-0.15, -0.1) is 12.3 Å². The third-order valence-electron chi connectivity index (χ3n) is 2.56. The van der Waals surface area contributed by atoms with Crippen molar-refractivity contribution in [1.29, 1.82) is 0 Å². The van der Waals surface area contributed by atoms with Gasteiger partial charge in [0.15, 0.2) is 0 Å². The third-order valence-corrected chi connectivity index (χ3v) is 2.56. The minimum atomic E-state index is -0.744. The summed E-state index contributed by atoms with van der Waals surface area (Å²) in [6.45, 7) is 0.290. The predicted molar refractivity (Wildman–Crippen MR) is 55.7 cm³/mol. The van der Waals surface area contributed by atoms with Crippen LogP contribution in [0.25, 0.3) is 0 Å². The molecule has 0 N–H and O–H groups in total. The highest BCUT2D eigenvalue weighted by atomic mass is 19.1. The van der Waals surface area contributed by atoms with Crippen LogP contribution in [0.15, 0.2) is 18.2 Å². The van der Waals surface area contributed by atoms with Crippen LogP contribution in [0.4, 0.5) is 14.5 Å². The summed E-state index contributed by atoms with van der Waals surface area (Å²) < 4.78 is 26.1. The van der Waals surface area contributed by atoms with Crippen molar-refractivity contribution in [2.45, 2.75) is 6.42 Å². The van der Waals surface area contributed by atoms with E-state index in [1.54, 1.807) is 0 Å². The van der Waals surface area contributed by atoms with E-state index >= 15 is 0 Å². The first-order chi connectivity index (χ1) is 7.61. The third kappa shape index (κ3) is 1.76. The molecule has 1 aromatic rings. The summed E-state index contributed by atoms with van der Waals surface area (Å²) in [5, 5.41) is 0. The van der Waals surface area contributed by atoms with Gasteiger partial charge in [-0.3, -0.25) is 4.79 Å². The molecule has 1 fully saturated rings. The highest BCUT2D eigenvalue weighted by molar-refractivity contribution is 5.96. The van der Waals surface area contributed by atoms with Crippen molar-refractivity contribution in [3.8, 4) is 12.3 Å². The Morgan fingerprint density at radius 1 is 1.44 bits per heavy atom. The summed E-state index contributed by atoms with van der Waals surface area (Å²) in [4.78, 5) is 12.8. The number of nitrogens with zero attached hydrogens (tertiary/aromatic N) is 1. The Morgan fingerprint density at radius 2 is 2.19 bits per heavy atom. The van der Waals surface area contributed by atoms with E-state index in [9.17, 15) is 13.6 Å². The van der Waals surface area contributed by atoms with Crippen LogP contribution in [0.3, 0.4) is 0 Å². The lowest BCUT2D eigenvalue weighted by atomic mass is 10.1. The Bertz CT molecular complexity index is 478. The van der Waals surface area contributed by atoms with Crippen molar-refractivity contribution in [2.24, 2.45) is 5.92 Å². The van der Waals surface area contributed by atoms with Crippen LogP contribution < -0.4 is 4.90 Å². The van der Waals surface area contributed by atoms with Crippen LogP contribution in [0.2, 0.25) is 0 Å². The normalized spacial score (nSPS) is 19.9. The SMILES string of the molecule is C#CC1CC(=O)N(c2ccc(F)cc2F)C1. The summed E-state index contributed by atoms with van der Waals surface area (Å²) in [6, 6.07) is 3.13. The first kappa shape index (κ1) is 10.6. The van der Waals surface area contributed by atoms with E-state index in [-0.39, 0.29) is 30.5 Å². The van der Waals surface area contributed by atoms with Crippen molar-refractivity contribution in [3.63, 3.8) is 0 Å². The first-order valence-corrected chi connectivity index (χ1v) is 4.83. The number of anilines is 1. The zero-order valence-electron chi connectivity index (χ0n) is 8.41. The maximum Gasteiger partial charge on any atom is 0.228 e. The van der Waals surface area contributed by atoms with Gasteiger partial charge in [0.2, 0.25) is 5.91 Å². The molecule has 0 radical (unpaired) electrons. The molecular weight excluding hydrogens is 212 g/mol. The average Bonchev–Trinajstić information content (AvgIpc) is 2.60. The van der Waals surface area contributed by atoms with Crippen molar-refractivity contribution in [1.82, 2.24) is 0 Å². The summed E-state index contributed by atoms with van der Waals surface area (Å²) in [6.07, 6.45) is 5.43. The number of hydrogen-bond acceptors (Lipinski definition) is 1. The Labute approximate surface area is 91.9 Å². The molecule has 0 aliphatic carbocycles. The minimum Gasteiger partial charge on any atom is -0.308 e. The quantitative estimate of drug-likeness (QED) is 0.664. The topological polar surface area (TPSA) is 20.3 Å². The molecule has 2 nitrogen and oxygen atoms in total. The molecule has 0 aromatic heterocycles. The van der Waals surface area contributed by atoms with Gasteiger partial charge in [-0.2, -0.15) is 0 Å². The minimum absolute atomic E-state index is 0.0872. The number of amides is 1. The lowest BCUT2D eigenvalue weighted by molar-refractivity contribution is -0.117. The molecule has 4 heteroatoms. The second-order valence-electron chi connectivity index (χ2n) is 3.67. The van der Waals surface area contributed by atoms with Gasteiger partial charge >= 0.3 is 0 Å². The van der Waals surface area contributed by atoms with Gasteiger partial charge < -0.3 is 4.90 Å². The van der Waals surface area contributed by atoms with Gasteiger partial charge in [-0.05, 0) is 12.1 Å². The van der Waals surface area contributed by atoms with Crippen molar-refractivity contribution < 1.29 is 13.6 Å². The summed E-state index contributed by atoms with van der Waals surface area (Å²) in [7, 11) is 0. The van der Waals surface area contributed by atoms with Crippen molar-refractivity contribution >= 4 is 11.6 Å². The largest absolute Gasteiger partial charge is 0.308 e. The zero-order valence-corrected chi connectivity index (χ0v) is 8.41. The smallest absolute Gasteiger partial charge is 0.228 e. The van der Waals surface area contributed by atoms with E-state index in [4.69, 9.17) is 6.42 Å². The van der Waals surface area contributed by atoms with Crippen LogP contribution in [-0.4, -0.2) is 12.5 Å². The zero-order chi connectivity index (χ0) is 11.7. The highest BCUT2D eigenvalue weighted by Crippen LogP contribution is 2.27. The molecule has 1 unspecified atom stereocenters. The molecule has 0 bridgehead atoms. The van der Waals surface area contributed by atoms with Crippen LogP contribution in [0.5, 0.6) is 0 Å². The van der Waals surface area contributed by atoms with E-state index < -0.39 is 11.6 Å². The fourth-order valence-corrected chi connectivity index (χ4v) is 1.75. The molecule has 82 valence electrons. The second-order valence-corrected chi connectivity index (χ2v) is 3.67. The molecule has 1 saturated heterocycles. The molecule has 1 amide bonds. The lowest BCUT2D eigenvalue weighted by Crippen LogP contribution is -2.25. The molecule has 16 heavy (non-hydrogen) atoms. The molecule has 1 aliphatic heterocycles. The number of terminal acetylenes is 1. The van der Waals surface area contributed by atoms with Crippen LogP contribution in [0, 0.1) is 29.9 Å². The Kier molecular flexibility index (Phi) is 2.61. The Hall–Kier alpha value is -1.89. The van der Waals surface area contributed by atoms with E-state index in [2.05, 4.69) is 5.92 Å². The number of carbonyl (C=O) groups is 1. The van der Waals surface area contributed by atoms with Crippen molar-refractivity contribution in [3.05, 3.63) is 29.8 Å². The summed E-state index contributed by atoms with van der Waals surface area (Å²) in [5.41, 5.74) is 0.0872. The van der Waals surface area contributed by atoms with Crippen molar-refractivity contribution in [2.75, 3.05) is 11.4 Å². The Balaban J connectivity index is 2.32. The van der Waals surface area contributed by atoms with E-state index in [1.807, 2.05) is 0 Å². The van der Waals surface area contributed by atoms with E-state index in [0.29, 0.717) is 0 Å². The monoisotopic (exact) mass is 221 g/mol. The number of rotatable bonds is 1. The molecule has 1 atom stereocenters. The summed E-state index contributed by atoms with van der Waals surface area (Å²) in [5.74, 6) is 0.631. The van der Waals surface area contributed by atoms with Crippen LogP contribution in [0.1, 0.15) is 6.42 Å². The fraction of sp³-hybridized carbons (Fsp3) is 0.250. The molecule has 1 aromatic carbocycles. The standard InChI is InChI=1S/C12H9F2NO/c1-2-8-5-12(16)15(7-8)11-4-3-9(13)6-10(11)14/h1,3-4,6,8H,5,7H2. The van der Waals surface area contributed by atoms with Gasteiger partial charge in [0, 0.05) is 24.9 Å². The first-order valence-electron chi connectivity index (χ1n) is 4.83. The number of benzene rings is 1. The highest BCUT2D eigenvalue weighted by Gasteiger charge is 2.30. The molecule has 1 aliphatic rings. The molecule has 0 saturated carbocycles. The van der Waals surface area contributed by atoms with E-state index in [0.717, 1.165) is 12.1 Å². The van der Waals surface area contributed by atoms with Crippen LogP contribution >= 0.6 is 0 Å². The van der Waals surface area contributed by atoms with Gasteiger partial charge in [-0.25, -0.2) is 8.78 Å². The number of halogens is 2. The van der Waals surface area contributed by atoms with E-state index in [1.165, 1.54) is 11.0 Å². The average molecular weight is 221 g/mol. The van der Waals surface area contributed by atoms with Gasteiger partial charge in [0.05, 0.1) is 5.69 Å². The predicted octanol–water partition coefficient (Wildman–Crippen LogP) is 1.95. The number of hydrogen-bond donors (Lipinski definition) is 0. The molecule has 1 heterocycles. The lowest BCUT2D eigenvalue weighted by Gasteiger charge is -2.16.